The fraction of sp³-hybridized carbons (Fsp3) is 0.733. The van der Waals surface area contributed by atoms with E-state index in [1.165, 1.54) is 30.0 Å². The lowest BCUT2D eigenvalue weighted by atomic mass is 10.3. The third kappa shape index (κ3) is 7.06. The molecule has 0 saturated heterocycles. The van der Waals surface area contributed by atoms with E-state index in [0.29, 0.717) is 0 Å². The summed E-state index contributed by atoms with van der Waals surface area (Å²) in [6.07, 6.45) is 1.25. The predicted octanol–water partition coefficient (Wildman–Crippen LogP) is 2.42. The van der Waals surface area contributed by atoms with Crippen LogP contribution in [-0.2, 0) is 6.54 Å². The van der Waals surface area contributed by atoms with Crippen LogP contribution in [0.4, 0.5) is 0 Å². The Labute approximate surface area is 122 Å². The molecular formula is C15H29N3S. The van der Waals surface area contributed by atoms with Crippen LogP contribution in [0.2, 0.25) is 0 Å². The van der Waals surface area contributed by atoms with Gasteiger partial charge in [-0.15, -0.1) is 11.3 Å². The van der Waals surface area contributed by atoms with E-state index in [1.54, 1.807) is 0 Å². The zero-order chi connectivity index (χ0) is 14.1. The maximum Gasteiger partial charge on any atom is 0.0302 e. The highest BCUT2D eigenvalue weighted by Gasteiger charge is 2.03. The fourth-order valence-electron chi connectivity index (χ4n) is 2.06. The molecule has 0 bridgehead atoms. The van der Waals surface area contributed by atoms with E-state index in [-0.39, 0.29) is 0 Å². The number of hydrogen-bond acceptors (Lipinski definition) is 4. The Bertz CT molecular complexity index is 336. The van der Waals surface area contributed by atoms with Crippen LogP contribution in [0, 0.1) is 6.92 Å². The van der Waals surface area contributed by atoms with Crippen LogP contribution in [-0.4, -0.2) is 56.6 Å². The number of hydrogen-bond donors (Lipinski definition) is 1. The first-order chi connectivity index (χ1) is 9.13. The van der Waals surface area contributed by atoms with E-state index < -0.39 is 0 Å². The van der Waals surface area contributed by atoms with Crippen LogP contribution >= 0.6 is 11.3 Å². The summed E-state index contributed by atoms with van der Waals surface area (Å²) in [6, 6.07) is 2.20. The summed E-state index contributed by atoms with van der Waals surface area (Å²) in [4.78, 5) is 6.25. The summed E-state index contributed by atoms with van der Waals surface area (Å²) < 4.78 is 0. The largest absolute Gasteiger partial charge is 0.311 e. The van der Waals surface area contributed by atoms with E-state index in [9.17, 15) is 0 Å². The van der Waals surface area contributed by atoms with Crippen molar-refractivity contribution in [2.24, 2.45) is 0 Å². The van der Waals surface area contributed by atoms with Gasteiger partial charge in [0.05, 0.1) is 0 Å². The molecule has 0 aliphatic rings. The number of nitrogens with zero attached hydrogens (tertiary/aromatic N) is 2. The van der Waals surface area contributed by atoms with Crippen molar-refractivity contribution < 1.29 is 0 Å². The summed E-state index contributed by atoms with van der Waals surface area (Å²) >= 11 is 1.85. The Hall–Kier alpha value is -0.420. The smallest absolute Gasteiger partial charge is 0.0302 e. The van der Waals surface area contributed by atoms with Gasteiger partial charge < -0.3 is 15.1 Å². The van der Waals surface area contributed by atoms with Gasteiger partial charge in [-0.05, 0) is 64.1 Å². The Morgan fingerprint density at radius 1 is 1.21 bits per heavy atom. The third-order valence-electron chi connectivity index (χ3n) is 3.39. The SMILES string of the molecule is CCN(CCCN(C)C)CCNCc1sccc1C. The van der Waals surface area contributed by atoms with Gasteiger partial charge in [-0.3, -0.25) is 0 Å². The summed E-state index contributed by atoms with van der Waals surface area (Å²) in [5, 5.41) is 5.72. The molecular weight excluding hydrogens is 254 g/mol. The molecule has 3 nitrogen and oxygen atoms in total. The first kappa shape index (κ1) is 16.6. The van der Waals surface area contributed by atoms with Crippen molar-refractivity contribution in [3.8, 4) is 0 Å². The van der Waals surface area contributed by atoms with Gasteiger partial charge in [-0.2, -0.15) is 0 Å². The van der Waals surface area contributed by atoms with Crippen molar-refractivity contribution in [1.82, 2.24) is 15.1 Å². The summed E-state index contributed by atoms with van der Waals surface area (Å²) in [7, 11) is 4.28. The van der Waals surface area contributed by atoms with Crippen molar-refractivity contribution in [1.29, 1.82) is 0 Å². The molecule has 1 aromatic heterocycles. The highest BCUT2D eigenvalue weighted by Crippen LogP contribution is 2.14. The summed E-state index contributed by atoms with van der Waals surface area (Å²) in [6.45, 7) is 11.2. The van der Waals surface area contributed by atoms with E-state index in [4.69, 9.17) is 0 Å². The van der Waals surface area contributed by atoms with Gasteiger partial charge in [-0.1, -0.05) is 6.92 Å². The molecule has 0 fully saturated rings. The molecule has 1 rings (SSSR count). The second kappa shape index (κ2) is 9.48. The summed E-state index contributed by atoms with van der Waals surface area (Å²) in [5.74, 6) is 0. The molecule has 19 heavy (non-hydrogen) atoms. The van der Waals surface area contributed by atoms with Crippen molar-refractivity contribution in [2.75, 3.05) is 46.8 Å². The minimum absolute atomic E-state index is 1.01. The average Bonchev–Trinajstić information content (AvgIpc) is 2.77. The molecule has 1 heterocycles. The first-order valence-electron chi connectivity index (χ1n) is 7.24. The predicted molar refractivity (Wildman–Crippen MR) is 86.0 cm³/mol. The molecule has 0 spiro atoms. The van der Waals surface area contributed by atoms with Crippen LogP contribution in [0.5, 0.6) is 0 Å². The molecule has 0 unspecified atom stereocenters. The van der Waals surface area contributed by atoms with Crippen molar-refractivity contribution in [3.63, 3.8) is 0 Å². The van der Waals surface area contributed by atoms with E-state index in [2.05, 4.69) is 54.5 Å². The zero-order valence-electron chi connectivity index (χ0n) is 12.9. The maximum absolute atomic E-state index is 3.55. The molecule has 0 aliphatic heterocycles. The Kier molecular flexibility index (Phi) is 8.30. The molecule has 0 amide bonds. The second-order valence-corrected chi connectivity index (χ2v) is 6.30. The Morgan fingerprint density at radius 2 is 2.00 bits per heavy atom. The van der Waals surface area contributed by atoms with E-state index in [0.717, 1.165) is 26.2 Å². The van der Waals surface area contributed by atoms with Crippen LogP contribution in [0.3, 0.4) is 0 Å². The van der Waals surface area contributed by atoms with Crippen LogP contribution < -0.4 is 5.32 Å². The molecule has 1 aromatic rings. The lowest BCUT2D eigenvalue weighted by molar-refractivity contribution is 0.266. The van der Waals surface area contributed by atoms with Crippen molar-refractivity contribution >= 4 is 11.3 Å². The monoisotopic (exact) mass is 283 g/mol. The fourth-order valence-corrected chi connectivity index (χ4v) is 2.94. The zero-order valence-corrected chi connectivity index (χ0v) is 13.7. The maximum atomic E-state index is 3.55. The van der Waals surface area contributed by atoms with Gasteiger partial charge in [-0.25, -0.2) is 0 Å². The van der Waals surface area contributed by atoms with E-state index in [1.807, 2.05) is 11.3 Å². The molecule has 4 heteroatoms. The molecule has 0 saturated carbocycles. The first-order valence-corrected chi connectivity index (χ1v) is 8.12. The molecule has 110 valence electrons. The van der Waals surface area contributed by atoms with Crippen LogP contribution in [0.1, 0.15) is 23.8 Å². The number of likely N-dealkylation sites (N-methyl/N-ethyl adjacent to an activating group) is 1. The van der Waals surface area contributed by atoms with E-state index >= 15 is 0 Å². The lowest BCUT2D eigenvalue weighted by Crippen LogP contribution is -2.33. The minimum Gasteiger partial charge on any atom is -0.311 e. The second-order valence-electron chi connectivity index (χ2n) is 5.29. The molecule has 0 aromatic carbocycles. The standard InChI is InChI=1S/C15H29N3S/c1-5-18(10-6-9-17(3)4)11-8-16-13-15-14(2)7-12-19-15/h7,12,16H,5-6,8-11,13H2,1-4H3. The number of thiophene rings is 1. The topological polar surface area (TPSA) is 18.5 Å². The third-order valence-corrected chi connectivity index (χ3v) is 4.41. The van der Waals surface area contributed by atoms with Gasteiger partial charge >= 0.3 is 0 Å². The average molecular weight is 283 g/mol. The molecule has 0 atom stereocenters. The molecule has 0 aliphatic carbocycles. The number of rotatable bonds is 10. The van der Waals surface area contributed by atoms with Crippen molar-refractivity contribution in [3.05, 3.63) is 21.9 Å². The highest BCUT2D eigenvalue weighted by atomic mass is 32.1. The van der Waals surface area contributed by atoms with Gasteiger partial charge in [0.25, 0.3) is 0 Å². The molecule has 0 radical (unpaired) electrons. The summed E-state index contributed by atoms with van der Waals surface area (Å²) in [5.41, 5.74) is 1.41. The Balaban J connectivity index is 2.10. The normalized spacial score (nSPS) is 11.7. The van der Waals surface area contributed by atoms with Gasteiger partial charge in [0, 0.05) is 24.5 Å². The van der Waals surface area contributed by atoms with Crippen LogP contribution in [0.25, 0.3) is 0 Å². The van der Waals surface area contributed by atoms with Gasteiger partial charge in [0.15, 0.2) is 0 Å². The van der Waals surface area contributed by atoms with Crippen LogP contribution in [0.15, 0.2) is 11.4 Å². The minimum atomic E-state index is 1.01. The quantitative estimate of drug-likeness (QED) is 0.665. The lowest BCUT2D eigenvalue weighted by Gasteiger charge is -2.21. The molecule has 1 N–H and O–H groups in total. The number of aryl methyl sites for hydroxylation is 1. The Morgan fingerprint density at radius 3 is 2.58 bits per heavy atom. The number of nitrogens with one attached hydrogen (secondary N) is 1. The van der Waals surface area contributed by atoms with Gasteiger partial charge in [0.2, 0.25) is 0 Å². The highest BCUT2D eigenvalue weighted by molar-refractivity contribution is 7.10. The van der Waals surface area contributed by atoms with Crippen molar-refractivity contribution in [2.45, 2.75) is 26.8 Å². The van der Waals surface area contributed by atoms with Gasteiger partial charge in [0.1, 0.15) is 0 Å².